The summed E-state index contributed by atoms with van der Waals surface area (Å²) in [7, 11) is 0. The van der Waals surface area contributed by atoms with E-state index in [1.165, 1.54) is 31.2 Å². The molecule has 0 spiro atoms. The highest BCUT2D eigenvalue weighted by Crippen LogP contribution is 2.26. The lowest BCUT2D eigenvalue weighted by atomic mass is 10.2. The Balaban J connectivity index is 1.61. The van der Waals surface area contributed by atoms with Gasteiger partial charge in [-0.25, -0.2) is 0 Å². The minimum absolute atomic E-state index is 0.404. The van der Waals surface area contributed by atoms with Crippen molar-refractivity contribution in [3.8, 4) is 5.75 Å². The summed E-state index contributed by atoms with van der Waals surface area (Å²) in [6, 6.07) is 8.31. The number of nitrogens with one attached hydrogen (secondary N) is 2. The number of hydrogen-bond donors (Lipinski definition) is 2. The topological polar surface area (TPSA) is 45.6 Å². The van der Waals surface area contributed by atoms with Crippen LogP contribution in [0.25, 0.3) is 0 Å². The van der Waals surface area contributed by atoms with Gasteiger partial charge in [0, 0.05) is 25.2 Å². The van der Waals surface area contributed by atoms with Crippen molar-refractivity contribution in [2.75, 3.05) is 13.1 Å². The third kappa shape index (κ3) is 3.44. The van der Waals surface area contributed by atoms with Gasteiger partial charge in [-0.05, 0) is 38.2 Å². The predicted octanol–water partition coefficient (Wildman–Crippen LogP) is 2.45. The van der Waals surface area contributed by atoms with Crippen LogP contribution in [0.2, 0.25) is 0 Å². The first kappa shape index (κ1) is 13.3. The van der Waals surface area contributed by atoms with Crippen molar-refractivity contribution in [1.29, 1.82) is 0 Å². The van der Waals surface area contributed by atoms with Crippen LogP contribution in [0.1, 0.15) is 37.7 Å². The first-order valence-electron chi connectivity index (χ1n) is 7.68. The Hall–Kier alpha value is -1.71. The molecule has 1 aromatic carbocycles. The Morgan fingerprint density at radius 3 is 2.85 bits per heavy atom. The third-order valence-electron chi connectivity index (χ3n) is 3.91. The summed E-state index contributed by atoms with van der Waals surface area (Å²) in [4.78, 5) is 4.43. The van der Waals surface area contributed by atoms with Crippen LogP contribution in [-0.4, -0.2) is 25.2 Å². The second-order valence-corrected chi connectivity index (χ2v) is 5.50. The summed E-state index contributed by atoms with van der Waals surface area (Å²) in [5.74, 6) is 1.93. The fraction of sp³-hybridized carbons (Fsp3) is 0.562. The molecule has 20 heavy (non-hydrogen) atoms. The quantitative estimate of drug-likeness (QED) is 0.885. The number of nitrogens with zero attached hydrogens (tertiary/aromatic N) is 1. The third-order valence-corrected chi connectivity index (χ3v) is 3.91. The van der Waals surface area contributed by atoms with Crippen LogP contribution in [-0.2, 0) is 6.54 Å². The van der Waals surface area contributed by atoms with Crippen molar-refractivity contribution in [3.05, 3.63) is 29.8 Å². The van der Waals surface area contributed by atoms with Gasteiger partial charge in [0.15, 0.2) is 5.96 Å². The molecule has 1 aliphatic heterocycles. The highest BCUT2D eigenvalue weighted by Gasteiger charge is 2.17. The maximum atomic E-state index is 6.15. The van der Waals surface area contributed by atoms with E-state index in [1.807, 2.05) is 6.07 Å². The van der Waals surface area contributed by atoms with Gasteiger partial charge >= 0.3 is 0 Å². The van der Waals surface area contributed by atoms with Crippen LogP contribution in [0, 0.1) is 0 Å². The van der Waals surface area contributed by atoms with Gasteiger partial charge in [-0.2, -0.15) is 0 Å². The molecule has 0 unspecified atom stereocenters. The molecule has 4 nitrogen and oxygen atoms in total. The first-order chi connectivity index (χ1) is 9.92. The smallest absolute Gasteiger partial charge is 0.191 e. The summed E-state index contributed by atoms with van der Waals surface area (Å²) in [6.07, 6.45) is 6.50. The second-order valence-electron chi connectivity index (χ2n) is 5.50. The number of hydrogen-bond acceptors (Lipinski definition) is 4. The number of aliphatic imine (C=N–C) groups is 1. The molecule has 0 amide bonds. The van der Waals surface area contributed by atoms with E-state index in [-0.39, 0.29) is 0 Å². The first-order valence-corrected chi connectivity index (χ1v) is 7.68. The minimum Gasteiger partial charge on any atom is -0.490 e. The molecule has 108 valence electrons. The summed E-state index contributed by atoms with van der Waals surface area (Å²) >= 11 is 0. The fourth-order valence-electron chi connectivity index (χ4n) is 2.78. The van der Waals surface area contributed by atoms with Gasteiger partial charge < -0.3 is 15.4 Å². The maximum absolute atomic E-state index is 6.15. The van der Waals surface area contributed by atoms with Gasteiger partial charge in [0.25, 0.3) is 0 Å². The average molecular weight is 273 g/mol. The minimum atomic E-state index is 0.404. The Morgan fingerprint density at radius 1 is 1.20 bits per heavy atom. The van der Waals surface area contributed by atoms with Crippen molar-refractivity contribution < 1.29 is 4.74 Å². The zero-order valence-electron chi connectivity index (χ0n) is 11.9. The summed E-state index contributed by atoms with van der Waals surface area (Å²) in [6.45, 7) is 2.68. The highest BCUT2D eigenvalue weighted by atomic mass is 16.5. The van der Waals surface area contributed by atoms with Crippen molar-refractivity contribution in [2.24, 2.45) is 4.99 Å². The van der Waals surface area contributed by atoms with Gasteiger partial charge in [-0.3, -0.25) is 4.99 Å². The molecule has 0 aromatic heterocycles. The van der Waals surface area contributed by atoms with Crippen molar-refractivity contribution in [3.63, 3.8) is 0 Å². The largest absolute Gasteiger partial charge is 0.490 e. The normalized spacial score (nSPS) is 19.3. The molecular formula is C16H23N3O. The molecule has 1 aliphatic carbocycles. The van der Waals surface area contributed by atoms with E-state index in [2.05, 4.69) is 33.8 Å². The molecule has 1 aromatic rings. The van der Waals surface area contributed by atoms with Crippen LogP contribution >= 0.6 is 0 Å². The lowest BCUT2D eigenvalue weighted by molar-refractivity contribution is 0.208. The molecule has 0 saturated heterocycles. The van der Waals surface area contributed by atoms with Crippen LogP contribution in [0.4, 0.5) is 0 Å². The summed E-state index contributed by atoms with van der Waals surface area (Å²) in [5, 5.41) is 6.64. The van der Waals surface area contributed by atoms with Gasteiger partial charge in [0.2, 0.25) is 0 Å². The van der Waals surface area contributed by atoms with E-state index >= 15 is 0 Å². The summed E-state index contributed by atoms with van der Waals surface area (Å²) < 4.78 is 6.15. The van der Waals surface area contributed by atoms with Gasteiger partial charge in [-0.1, -0.05) is 18.2 Å². The van der Waals surface area contributed by atoms with Crippen molar-refractivity contribution in [1.82, 2.24) is 10.6 Å². The molecular weight excluding hydrogens is 250 g/mol. The van der Waals surface area contributed by atoms with Crippen molar-refractivity contribution >= 4 is 5.96 Å². The lowest BCUT2D eigenvalue weighted by Crippen LogP contribution is -2.40. The van der Waals surface area contributed by atoms with E-state index in [4.69, 9.17) is 4.74 Å². The molecule has 2 N–H and O–H groups in total. The number of ether oxygens (including phenoxy) is 1. The fourth-order valence-corrected chi connectivity index (χ4v) is 2.78. The molecule has 3 rings (SSSR count). The molecule has 1 fully saturated rings. The molecule has 2 aliphatic rings. The van der Waals surface area contributed by atoms with E-state index in [1.54, 1.807) is 0 Å². The average Bonchev–Trinajstić information content (AvgIpc) is 3.00. The molecule has 0 radical (unpaired) electrons. The Labute approximate surface area is 120 Å². The number of benzene rings is 1. The SMILES string of the molecule is c1ccc(OC2CCCC2)c(CNC2=NCCCN2)c1. The van der Waals surface area contributed by atoms with Crippen LogP contribution in [0.15, 0.2) is 29.3 Å². The molecule has 0 bridgehead atoms. The molecule has 1 heterocycles. The molecule has 4 heteroatoms. The van der Waals surface area contributed by atoms with E-state index in [0.29, 0.717) is 6.10 Å². The van der Waals surface area contributed by atoms with E-state index in [9.17, 15) is 0 Å². The molecule has 0 atom stereocenters. The number of para-hydroxylation sites is 1. The molecule has 1 saturated carbocycles. The Bertz CT molecular complexity index is 467. The Morgan fingerprint density at radius 2 is 2.05 bits per heavy atom. The zero-order chi connectivity index (χ0) is 13.6. The van der Waals surface area contributed by atoms with Crippen LogP contribution in [0.5, 0.6) is 5.75 Å². The van der Waals surface area contributed by atoms with E-state index < -0.39 is 0 Å². The van der Waals surface area contributed by atoms with Crippen molar-refractivity contribution in [2.45, 2.75) is 44.8 Å². The van der Waals surface area contributed by atoms with Crippen LogP contribution < -0.4 is 15.4 Å². The standard InChI is InChI=1S/C16H23N3O/c1-4-9-15(20-14-7-2-3-8-14)13(6-1)12-19-16-17-10-5-11-18-16/h1,4,6,9,14H,2-3,5,7-8,10-12H2,(H2,17,18,19). The van der Waals surface area contributed by atoms with Gasteiger partial charge in [-0.15, -0.1) is 0 Å². The Kier molecular flexibility index (Phi) is 4.41. The maximum Gasteiger partial charge on any atom is 0.191 e. The monoisotopic (exact) mass is 273 g/mol. The number of rotatable bonds is 4. The number of guanidine groups is 1. The van der Waals surface area contributed by atoms with Gasteiger partial charge in [0.1, 0.15) is 5.75 Å². The van der Waals surface area contributed by atoms with Crippen LogP contribution in [0.3, 0.4) is 0 Å². The van der Waals surface area contributed by atoms with E-state index in [0.717, 1.165) is 37.8 Å². The predicted molar refractivity (Wildman–Crippen MR) is 81.1 cm³/mol. The second kappa shape index (κ2) is 6.64. The summed E-state index contributed by atoms with van der Waals surface area (Å²) in [5.41, 5.74) is 1.20. The zero-order valence-corrected chi connectivity index (χ0v) is 11.9. The lowest BCUT2D eigenvalue weighted by Gasteiger charge is -2.19. The van der Waals surface area contributed by atoms with Gasteiger partial charge in [0.05, 0.1) is 6.10 Å². The highest BCUT2D eigenvalue weighted by molar-refractivity contribution is 5.80.